The summed E-state index contributed by atoms with van der Waals surface area (Å²) in [4.78, 5) is 7.11. The molecule has 1 heterocycles. The van der Waals surface area contributed by atoms with Crippen LogP contribution in [0.1, 0.15) is 12.0 Å². The molecular weight excluding hydrogens is 368 g/mol. The molecule has 0 amide bonds. The first-order valence-electron chi connectivity index (χ1n) is 7.68. The number of halogens is 1. The summed E-state index contributed by atoms with van der Waals surface area (Å²) in [5.74, 6) is 1.08. The van der Waals surface area contributed by atoms with Gasteiger partial charge in [0.15, 0.2) is 0 Å². The highest BCUT2D eigenvalue weighted by atomic mass is 35.5. The molecule has 0 atom stereocenters. The van der Waals surface area contributed by atoms with E-state index in [0.717, 1.165) is 24.3 Å². The van der Waals surface area contributed by atoms with E-state index in [9.17, 15) is 8.42 Å². The number of rotatable bonds is 6. The molecule has 134 valence electrons. The van der Waals surface area contributed by atoms with Crippen molar-refractivity contribution in [1.29, 1.82) is 0 Å². The van der Waals surface area contributed by atoms with Crippen LogP contribution in [0.15, 0.2) is 26.9 Å². The Labute approximate surface area is 153 Å². The Kier molecular flexibility index (Phi) is 6.79. The third-order valence-electron chi connectivity index (χ3n) is 3.44. The van der Waals surface area contributed by atoms with Crippen molar-refractivity contribution in [3.05, 3.63) is 22.7 Å². The van der Waals surface area contributed by atoms with Gasteiger partial charge in [-0.2, -0.15) is 0 Å². The number of nitrogens with one attached hydrogen (secondary N) is 2. The molecule has 1 aromatic rings. The predicted molar refractivity (Wildman–Crippen MR) is 101 cm³/mol. The summed E-state index contributed by atoms with van der Waals surface area (Å²) < 4.78 is 28.1. The lowest BCUT2D eigenvalue weighted by Crippen LogP contribution is -2.43. The average molecular weight is 391 g/mol. The molecule has 6 nitrogen and oxygen atoms in total. The van der Waals surface area contributed by atoms with Gasteiger partial charge >= 0.3 is 0 Å². The third-order valence-corrected chi connectivity index (χ3v) is 6.39. The lowest BCUT2D eigenvalue weighted by molar-refractivity contribution is 0.437. The molecule has 0 aromatic heterocycles. The highest BCUT2D eigenvalue weighted by molar-refractivity contribution is 8.00. The van der Waals surface area contributed by atoms with Crippen molar-refractivity contribution < 1.29 is 8.42 Å². The van der Waals surface area contributed by atoms with Gasteiger partial charge in [-0.15, -0.1) is 11.8 Å². The molecule has 0 spiro atoms. The summed E-state index contributed by atoms with van der Waals surface area (Å²) in [7, 11) is 0.245. The van der Waals surface area contributed by atoms with Crippen molar-refractivity contribution in [2.24, 2.45) is 4.99 Å². The van der Waals surface area contributed by atoms with E-state index in [1.807, 2.05) is 14.1 Å². The minimum atomic E-state index is -3.72. The van der Waals surface area contributed by atoms with Crippen LogP contribution in [0.25, 0.3) is 0 Å². The van der Waals surface area contributed by atoms with Crippen molar-refractivity contribution in [3.8, 4) is 0 Å². The SMILES string of the molecule is Cc1cc(S(=O)(=O)NC2=NCCCN2)c(SCCN(C)C)cc1Cl. The Hall–Kier alpha value is -0.960. The molecule has 0 aliphatic carbocycles. The lowest BCUT2D eigenvalue weighted by Gasteiger charge is -2.18. The fraction of sp³-hybridized carbons (Fsp3) is 0.533. The van der Waals surface area contributed by atoms with Crippen molar-refractivity contribution in [1.82, 2.24) is 14.9 Å². The summed E-state index contributed by atoms with van der Waals surface area (Å²) in [6, 6.07) is 3.34. The standard InChI is InChI=1S/C15H23ClN4O2S2/c1-11-9-14(13(10-12(11)16)23-8-7-20(2)3)24(21,22)19-15-17-5-4-6-18-15/h9-10H,4-8H2,1-3H3,(H2,17,18,19). The molecule has 0 fully saturated rings. The van der Waals surface area contributed by atoms with Gasteiger partial charge in [-0.3, -0.25) is 4.99 Å². The minimum Gasteiger partial charge on any atom is -0.356 e. The third kappa shape index (κ3) is 5.27. The molecule has 2 N–H and O–H groups in total. The Balaban J connectivity index is 2.28. The Morgan fingerprint density at radius 2 is 2.17 bits per heavy atom. The second kappa shape index (κ2) is 8.42. The first-order valence-corrected chi connectivity index (χ1v) is 10.5. The van der Waals surface area contributed by atoms with Crippen molar-refractivity contribution in [3.63, 3.8) is 0 Å². The molecule has 9 heteroatoms. The van der Waals surface area contributed by atoms with E-state index in [-0.39, 0.29) is 4.90 Å². The zero-order valence-corrected chi connectivity index (χ0v) is 16.5. The molecule has 1 aliphatic heterocycles. The quantitative estimate of drug-likeness (QED) is 0.726. The minimum absolute atomic E-state index is 0.239. The molecule has 0 unspecified atom stereocenters. The van der Waals surface area contributed by atoms with Crippen LogP contribution in [0.2, 0.25) is 5.02 Å². The van der Waals surface area contributed by atoms with Gasteiger partial charge in [-0.1, -0.05) is 11.6 Å². The number of hydrogen-bond acceptors (Lipinski definition) is 6. The number of nitrogens with zero attached hydrogens (tertiary/aromatic N) is 2. The summed E-state index contributed by atoms with van der Waals surface area (Å²) in [5.41, 5.74) is 0.729. The smallest absolute Gasteiger partial charge is 0.265 e. The number of sulfonamides is 1. The molecule has 2 rings (SSSR count). The van der Waals surface area contributed by atoms with Crippen LogP contribution in [-0.4, -0.2) is 58.8 Å². The molecule has 0 saturated carbocycles. The predicted octanol–water partition coefficient (Wildman–Crippen LogP) is 1.93. The largest absolute Gasteiger partial charge is 0.356 e. The summed E-state index contributed by atoms with van der Waals surface area (Å²) in [5, 5.41) is 3.53. The van der Waals surface area contributed by atoms with Gasteiger partial charge in [0.05, 0.1) is 0 Å². The normalized spacial score (nSPS) is 15.1. The Morgan fingerprint density at radius 3 is 2.79 bits per heavy atom. The van der Waals surface area contributed by atoms with Crippen LogP contribution in [0, 0.1) is 6.92 Å². The van der Waals surface area contributed by atoms with E-state index >= 15 is 0 Å². The van der Waals surface area contributed by atoms with Crippen LogP contribution in [-0.2, 0) is 10.0 Å². The van der Waals surface area contributed by atoms with Gasteiger partial charge in [0, 0.05) is 35.3 Å². The van der Waals surface area contributed by atoms with Crippen LogP contribution >= 0.6 is 23.4 Å². The van der Waals surface area contributed by atoms with E-state index in [0.29, 0.717) is 29.0 Å². The van der Waals surface area contributed by atoms with Gasteiger partial charge in [0.1, 0.15) is 4.90 Å². The fourth-order valence-electron chi connectivity index (χ4n) is 2.08. The molecule has 1 aromatic carbocycles. The maximum atomic E-state index is 12.8. The van der Waals surface area contributed by atoms with E-state index in [1.54, 1.807) is 19.1 Å². The molecule has 1 aliphatic rings. The zero-order valence-electron chi connectivity index (χ0n) is 14.1. The van der Waals surface area contributed by atoms with Crippen LogP contribution in [0.3, 0.4) is 0 Å². The number of guanidine groups is 1. The number of thioether (sulfide) groups is 1. The lowest BCUT2D eigenvalue weighted by atomic mass is 10.2. The number of benzene rings is 1. The molecule has 24 heavy (non-hydrogen) atoms. The van der Waals surface area contributed by atoms with Crippen LogP contribution < -0.4 is 10.0 Å². The van der Waals surface area contributed by atoms with Crippen LogP contribution in [0.4, 0.5) is 0 Å². The van der Waals surface area contributed by atoms with Gasteiger partial charge < -0.3 is 10.2 Å². The van der Waals surface area contributed by atoms with Crippen molar-refractivity contribution in [2.75, 3.05) is 39.5 Å². The van der Waals surface area contributed by atoms with E-state index in [1.165, 1.54) is 11.8 Å². The van der Waals surface area contributed by atoms with Gasteiger partial charge in [0.2, 0.25) is 5.96 Å². The second-order valence-corrected chi connectivity index (χ2v) is 9.01. The summed E-state index contributed by atoms with van der Waals surface area (Å²) >= 11 is 7.68. The molecule has 0 saturated heterocycles. The maximum absolute atomic E-state index is 12.8. The Morgan fingerprint density at radius 1 is 1.42 bits per heavy atom. The van der Waals surface area contributed by atoms with Crippen molar-refractivity contribution >= 4 is 39.3 Å². The Bertz CT molecular complexity index is 720. The van der Waals surface area contributed by atoms with Crippen LogP contribution in [0.5, 0.6) is 0 Å². The fourth-order valence-corrected chi connectivity index (χ4v) is 5.05. The highest BCUT2D eigenvalue weighted by Crippen LogP contribution is 2.31. The van der Waals surface area contributed by atoms with Gasteiger partial charge in [-0.05, 0) is 45.1 Å². The topological polar surface area (TPSA) is 73.8 Å². The summed E-state index contributed by atoms with van der Waals surface area (Å²) in [6.45, 7) is 3.98. The highest BCUT2D eigenvalue weighted by Gasteiger charge is 2.22. The zero-order chi connectivity index (χ0) is 17.7. The molecule has 0 bridgehead atoms. The molecular formula is C15H23ClN4O2S2. The maximum Gasteiger partial charge on any atom is 0.265 e. The van der Waals surface area contributed by atoms with E-state index in [4.69, 9.17) is 11.6 Å². The van der Waals surface area contributed by atoms with Gasteiger partial charge in [0.25, 0.3) is 10.0 Å². The number of aryl methyl sites for hydroxylation is 1. The van der Waals surface area contributed by atoms with E-state index in [2.05, 4.69) is 19.9 Å². The van der Waals surface area contributed by atoms with Gasteiger partial charge in [-0.25, -0.2) is 13.1 Å². The molecule has 0 radical (unpaired) electrons. The monoisotopic (exact) mass is 390 g/mol. The number of hydrogen-bond donors (Lipinski definition) is 2. The first-order chi connectivity index (χ1) is 11.3. The van der Waals surface area contributed by atoms with E-state index < -0.39 is 10.0 Å². The second-order valence-electron chi connectivity index (χ2n) is 5.82. The van der Waals surface area contributed by atoms with Crippen molar-refractivity contribution in [2.45, 2.75) is 23.1 Å². The number of aliphatic imine (C=N–C) groups is 1. The average Bonchev–Trinajstić information content (AvgIpc) is 2.50. The first kappa shape index (κ1) is 19.4. The summed E-state index contributed by atoms with van der Waals surface area (Å²) in [6.07, 6.45) is 0.900.